The molecule has 0 radical (unpaired) electrons. The molecule has 2 aromatic rings. The third-order valence-corrected chi connectivity index (χ3v) is 5.15. The summed E-state index contributed by atoms with van der Waals surface area (Å²) < 4.78 is 0. The van der Waals surface area contributed by atoms with E-state index in [9.17, 15) is 9.59 Å². The number of carbonyl (C=O) groups is 2. The molecule has 0 atom stereocenters. The number of urea groups is 1. The van der Waals surface area contributed by atoms with Crippen LogP contribution < -0.4 is 20.9 Å². The monoisotopic (exact) mass is 429 g/mol. The summed E-state index contributed by atoms with van der Waals surface area (Å²) in [4.78, 5) is 31.1. The van der Waals surface area contributed by atoms with E-state index in [1.165, 1.54) is 12.8 Å². The molecular weight excluding hydrogens is 402 g/mol. The van der Waals surface area contributed by atoms with Gasteiger partial charge in [0.1, 0.15) is 5.82 Å². The highest BCUT2D eigenvalue weighted by atomic mass is 35.5. The van der Waals surface area contributed by atoms with Crippen molar-refractivity contribution in [3.63, 3.8) is 0 Å². The third-order valence-electron chi connectivity index (χ3n) is 4.84. The van der Waals surface area contributed by atoms with Crippen molar-refractivity contribution < 1.29 is 9.59 Å². The topological polar surface area (TPSA) is 86.4 Å². The number of halogens is 1. The molecular formula is C22H28ClN5O2. The van der Waals surface area contributed by atoms with Gasteiger partial charge in [0.25, 0.3) is 5.91 Å². The minimum absolute atomic E-state index is 0.226. The van der Waals surface area contributed by atoms with Gasteiger partial charge in [0, 0.05) is 38.1 Å². The van der Waals surface area contributed by atoms with Crippen molar-refractivity contribution in [1.82, 2.24) is 15.6 Å². The van der Waals surface area contributed by atoms with Gasteiger partial charge in [-0.3, -0.25) is 4.79 Å². The van der Waals surface area contributed by atoms with Gasteiger partial charge >= 0.3 is 6.03 Å². The first-order valence-electron chi connectivity index (χ1n) is 10.2. The number of hydrogen-bond donors (Lipinski definition) is 3. The molecule has 30 heavy (non-hydrogen) atoms. The van der Waals surface area contributed by atoms with Crippen molar-refractivity contribution in [2.75, 3.05) is 29.9 Å². The van der Waals surface area contributed by atoms with Gasteiger partial charge in [-0.05, 0) is 54.7 Å². The molecule has 0 unspecified atom stereocenters. The zero-order valence-electron chi connectivity index (χ0n) is 17.4. The van der Waals surface area contributed by atoms with Crippen molar-refractivity contribution >= 4 is 35.0 Å². The van der Waals surface area contributed by atoms with Crippen LogP contribution in [-0.4, -0.2) is 36.6 Å². The number of nitrogens with one attached hydrogen (secondary N) is 3. The Hall–Kier alpha value is -2.80. The summed E-state index contributed by atoms with van der Waals surface area (Å²) in [6.45, 7) is 7.05. The van der Waals surface area contributed by atoms with Crippen LogP contribution in [0.5, 0.6) is 0 Å². The van der Waals surface area contributed by atoms with Crippen LogP contribution in [0.1, 0.15) is 42.6 Å². The van der Waals surface area contributed by atoms with Crippen LogP contribution in [-0.2, 0) is 6.54 Å². The van der Waals surface area contributed by atoms with Gasteiger partial charge in [-0.25, -0.2) is 9.78 Å². The van der Waals surface area contributed by atoms with Gasteiger partial charge in [-0.1, -0.05) is 25.4 Å². The van der Waals surface area contributed by atoms with Crippen LogP contribution in [0.3, 0.4) is 0 Å². The van der Waals surface area contributed by atoms with E-state index in [0.29, 0.717) is 35.3 Å². The van der Waals surface area contributed by atoms with Gasteiger partial charge in [0.2, 0.25) is 0 Å². The largest absolute Gasteiger partial charge is 0.357 e. The Bertz CT molecular complexity index is 897. The first kappa shape index (κ1) is 21.9. The lowest BCUT2D eigenvalue weighted by Gasteiger charge is -2.17. The fourth-order valence-electron chi connectivity index (χ4n) is 3.22. The second-order valence-electron chi connectivity index (χ2n) is 7.82. The molecule has 1 aromatic carbocycles. The highest BCUT2D eigenvalue weighted by Crippen LogP contribution is 2.21. The number of rotatable bonds is 7. The van der Waals surface area contributed by atoms with Crippen molar-refractivity contribution in [3.8, 4) is 0 Å². The van der Waals surface area contributed by atoms with Crippen LogP contribution in [0.15, 0.2) is 36.5 Å². The second kappa shape index (κ2) is 10.3. The maximum atomic E-state index is 12.3. The van der Waals surface area contributed by atoms with Crippen molar-refractivity contribution in [2.24, 2.45) is 5.92 Å². The molecule has 7 nitrogen and oxygen atoms in total. The minimum atomic E-state index is -0.345. The average Bonchev–Trinajstić information content (AvgIpc) is 3.26. The van der Waals surface area contributed by atoms with Crippen molar-refractivity contribution in [1.29, 1.82) is 0 Å². The fraction of sp³-hybridized carbons (Fsp3) is 0.409. The van der Waals surface area contributed by atoms with Crippen molar-refractivity contribution in [2.45, 2.75) is 33.2 Å². The fourth-order valence-corrected chi connectivity index (χ4v) is 3.48. The maximum Gasteiger partial charge on any atom is 0.319 e. The lowest BCUT2D eigenvalue weighted by atomic mass is 10.1. The zero-order chi connectivity index (χ0) is 21.5. The van der Waals surface area contributed by atoms with Crippen LogP contribution in [0.4, 0.5) is 16.3 Å². The Morgan fingerprint density at radius 1 is 1.13 bits per heavy atom. The Balaban J connectivity index is 1.53. The Kier molecular flexibility index (Phi) is 7.52. The first-order valence-corrected chi connectivity index (χ1v) is 10.6. The second-order valence-corrected chi connectivity index (χ2v) is 8.23. The van der Waals surface area contributed by atoms with Crippen LogP contribution in [0.2, 0.25) is 5.02 Å². The summed E-state index contributed by atoms with van der Waals surface area (Å²) in [5, 5.41) is 8.70. The molecule has 0 bridgehead atoms. The lowest BCUT2D eigenvalue weighted by Crippen LogP contribution is -2.29. The molecule has 8 heteroatoms. The highest BCUT2D eigenvalue weighted by molar-refractivity contribution is 6.34. The SMILES string of the molecule is CC(C)CNC(=O)c1ccc(NC(=O)NCc2ccnc(N3CCCC3)c2)cc1Cl. The number of hydrogen-bond acceptors (Lipinski definition) is 4. The molecule has 0 aliphatic carbocycles. The van der Waals surface area contributed by atoms with Crippen LogP contribution in [0, 0.1) is 5.92 Å². The molecule has 1 fully saturated rings. The van der Waals surface area contributed by atoms with Gasteiger partial charge < -0.3 is 20.9 Å². The summed E-state index contributed by atoms with van der Waals surface area (Å²) in [6.07, 6.45) is 4.14. The van der Waals surface area contributed by atoms with E-state index in [1.54, 1.807) is 24.4 Å². The standard InChI is InChI=1S/C22H28ClN5O2/c1-15(2)13-25-21(29)18-6-5-17(12-19(18)23)27-22(30)26-14-16-7-8-24-20(11-16)28-9-3-4-10-28/h5-8,11-12,15H,3-4,9-10,13-14H2,1-2H3,(H,25,29)(H2,26,27,30). The van der Waals surface area contributed by atoms with E-state index in [4.69, 9.17) is 11.6 Å². The highest BCUT2D eigenvalue weighted by Gasteiger charge is 2.14. The molecule has 2 heterocycles. The van der Waals surface area contributed by atoms with E-state index < -0.39 is 0 Å². The third kappa shape index (κ3) is 6.10. The predicted octanol–water partition coefficient (Wildman–Crippen LogP) is 4.04. The summed E-state index contributed by atoms with van der Waals surface area (Å²) in [6, 6.07) is 8.40. The molecule has 1 aliphatic heterocycles. The van der Waals surface area contributed by atoms with Crippen molar-refractivity contribution in [3.05, 3.63) is 52.7 Å². The number of amides is 3. The maximum absolute atomic E-state index is 12.3. The van der Waals surface area contributed by atoms with E-state index in [2.05, 4.69) is 25.8 Å². The first-order chi connectivity index (χ1) is 14.4. The summed E-state index contributed by atoms with van der Waals surface area (Å²) >= 11 is 6.23. The Labute approximate surface area is 182 Å². The quantitative estimate of drug-likeness (QED) is 0.619. The summed E-state index contributed by atoms with van der Waals surface area (Å²) in [5.74, 6) is 1.07. The average molecular weight is 430 g/mol. The number of pyridine rings is 1. The van der Waals surface area contributed by atoms with Crippen LogP contribution in [0.25, 0.3) is 0 Å². The summed E-state index contributed by atoms with van der Waals surface area (Å²) in [5.41, 5.74) is 1.89. The molecule has 1 aliphatic rings. The molecule has 160 valence electrons. The smallest absolute Gasteiger partial charge is 0.319 e. The van der Waals surface area contributed by atoms with Gasteiger partial charge in [-0.2, -0.15) is 0 Å². The molecule has 0 saturated carbocycles. The van der Waals surface area contributed by atoms with E-state index in [1.807, 2.05) is 26.0 Å². The molecule has 1 saturated heterocycles. The van der Waals surface area contributed by atoms with Gasteiger partial charge in [0.05, 0.1) is 10.6 Å². The molecule has 3 amide bonds. The Morgan fingerprint density at radius 2 is 1.90 bits per heavy atom. The lowest BCUT2D eigenvalue weighted by molar-refractivity contribution is 0.0949. The Morgan fingerprint density at radius 3 is 2.60 bits per heavy atom. The minimum Gasteiger partial charge on any atom is -0.357 e. The number of aromatic nitrogens is 1. The van der Waals surface area contributed by atoms with Crippen LogP contribution >= 0.6 is 11.6 Å². The number of benzene rings is 1. The van der Waals surface area contributed by atoms with E-state index >= 15 is 0 Å². The van der Waals surface area contributed by atoms with E-state index in [-0.39, 0.29) is 11.9 Å². The number of nitrogens with zero attached hydrogens (tertiary/aromatic N) is 2. The van der Waals surface area contributed by atoms with Gasteiger partial charge in [0.15, 0.2) is 0 Å². The normalized spacial score (nSPS) is 13.4. The molecule has 3 N–H and O–H groups in total. The van der Waals surface area contributed by atoms with E-state index in [0.717, 1.165) is 24.5 Å². The number of carbonyl (C=O) groups excluding carboxylic acids is 2. The number of anilines is 2. The molecule has 3 rings (SSSR count). The zero-order valence-corrected chi connectivity index (χ0v) is 18.1. The molecule has 0 spiro atoms. The molecule has 1 aromatic heterocycles. The van der Waals surface area contributed by atoms with Gasteiger partial charge in [-0.15, -0.1) is 0 Å². The predicted molar refractivity (Wildman–Crippen MR) is 120 cm³/mol. The summed E-state index contributed by atoms with van der Waals surface area (Å²) in [7, 11) is 0.